The van der Waals surface area contributed by atoms with Crippen molar-refractivity contribution >= 4 is 17.7 Å². The second kappa shape index (κ2) is 6.87. The molecule has 0 saturated heterocycles. The molecule has 104 valence electrons. The van der Waals surface area contributed by atoms with Crippen LogP contribution in [0.4, 0.5) is 11.4 Å². The van der Waals surface area contributed by atoms with Crippen molar-refractivity contribution in [3.63, 3.8) is 0 Å². The van der Waals surface area contributed by atoms with Crippen LogP contribution in [0.3, 0.4) is 0 Å². The highest BCUT2D eigenvalue weighted by molar-refractivity contribution is 5.83. The van der Waals surface area contributed by atoms with Crippen molar-refractivity contribution in [3.8, 4) is 0 Å². The Bertz CT molecular complexity index is 460. The minimum absolute atomic E-state index is 0.130. The van der Waals surface area contributed by atoms with Gasteiger partial charge in [0.25, 0.3) is 5.69 Å². The number of carbonyl (C=O) groups excluding carboxylic acids is 1. The van der Waals surface area contributed by atoms with Gasteiger partial charge in [-0.1, -0.05) is 20.3 Å². The topological polar surface area (TPSA) is 63.4 Å². The molecule has 0 N–H and O–H groups in total. The van der Waals surface area contributed by atoms with E-state index in [1.807, 2.05) is 6.92 Å². The fourth-order valence-corrected chi connectivity index (χ4v) is 1.92. The minimum Gasteiger partial charge on any atom is -0.372 e. The molecule has 1 unspecified atom stereocenters. The van der Waals surface area contributed by atoms with Gasteiger partial charge in [-0.05, 0) is 25.0 Å². The van der Waals surface area contributed by atoms with Crippen LogP contribution in [0.2, 0.25) is 0 Å². The summed E-state index contributed by atoms with van der Waals surface area (Å²) in [6, 6.07) is 4.70. The summed E-state index contributed by atoms with van der Waals surface area (Å²) in [6.07, 6.45) is 1.61. The van der Waals surface area contributed by atoms with Gasteiger partial charge in [-0.15, -0.1) is 0 Å². The molecule has 0 aliphatic heterocycles. The Morgan fingerprint density at radius 3 is 2.58 bits per heavy atom. The first-order valence-corrected chi connectivity index (χ1v) is 6.52. The lowest BCUT2D eigenvalue weighted by Crippen LogP contribution is -2.28. The van der Waals surface area contributed by atoms with E-state index in [4.69, 9.17) is 0 Å². The van der Waals surface area contributed by atoms with E-state index in [1.54, 1.807) is 12.1 Å². The third-order valence-corrected chi connectivity index (χ3v) is 3.31. The van der Waals surface area contributed by atoms with E-state index in [1.165, 1.54) is 6.07 Å². The number of aldehydes is 1. The second-order valence-corrected chi connectivity index (χ2v) is 4.67. The average molecular weight is 264 g/mol. The molecule has 0 heterocycles. The first kappa shape index (κ1) is 15.1. The number of rotatable bonds is 7. The smallest absolute Gasteiger partial charge is 0.280 e. The number of hydrogen-bond acceptors (Lipinski definition) is 4. The van der Waals surface area contributed by atoms with Crippen molar-refractivity contribution in [2.45, 2.75) is 27.2 Å². The van der Waals surface area contributed by atoms with Crippen LogP contribution in [0.25, 0.3) is 0 Å². The molecule has 1 atom stereocenters. The van der Waals surface area contributed by atoms with Crippen LogP contribution in [0.5, 0.6) is 0 Å². The summed E-state index contributed by atoms with van der Waals surface area (Å²) < 4.78 is 0. The van der Waals surface area contributed by atoms with Gasteiger partial charge in [0.15, 0.2) is 6.29 Å². The molecule has 0 bridgehead atoms. The van der Waals surface area contributed by atoms with Crippen LogP contribution in [0.1, 0.15) is 37.6 Å². The van der Waals surface area contributed by atoms with Crippen LogP contribution in [0.15, 0.2) is 18.2 Å². The molecule has 5 nitrogen and oxygen atoms in total. The van der Waals surface area contributed by atoms with Gasteiger partial charge in [-0.25, -0.2) is 0 Å². The molecule has 1 aromatic rings. The van der Waals surface area contributed by atoms with Crippen LogP contribution in [0, 0.1) is 16.0 Å². The third kappa shape index (κ3) is 3.77. The molecule has 0 aromatic heterocycles. The predicted octanol–water partition coefficient (Wildman–Crippen LogP) is 3.28. The molecule has 0 spiro atoms. The summed E-state index contributed by atoms with van der Waals surface area (Å²) in [6.45, 7) is 8.01. The number of nitro groups is 1. The summed E-state index contributed by atoms with van der Waals surface area (Å²) in [5.41, 5.74) is 0.846. The Balaban J connectivity index is 3.05. The van der Waals surface area contributed by atoms with Crippen molar-refractivity contribution in [1.82, 2.24) is 0 Å². The summed E-state index contributed by atoms with van der Waals surface area (Å²) in [5.74, 6) is 0.537. The SMILES string of the molecule is CCC(C)CN(CC)c1ccc([N+](=O)[O-])c(C=O)c1. The lowest BCUT2D eigenvalue weighted by molar-refractivity contribution is -0.385. The number of anilines is 1. The van der Waals surface area contributed by atoms with E-state index in [0.29, 0.717) is 12.2 Å². The zero-order valence-corrected chi connectivity index (χ0v) is 11.6. The molecule has 0 saturated carbocycles. The molecule has 0 fully saturated rings. The first-order chi connectivity index (χ1) is 9.03. The van der Waals surface area contributed by atoms with E-state index < -0.39 is 4.92 Å². The highest BCUT2D eigenvalue weighted by Gasteiger charge is 2.16. The third-order valence-electron chi connectivity index (χ3n) is 3.31. The molecule has 0 aliphatic rings. The Morgan fingerprint density at radius 1 is 1.42 bits per heavy atom. The molecule has 1 aromatic carbocycles. The summed E-state index contributed by atoms with van der Waals surface area (Å²) in [7, 11) is 0. The van der Waals surface area contributed by atoms with E-state index in [9.17, 15) is 14.9 Å². The molecule has 0 radical (unpaired) electrons. The normalized spacial score (nSPS) is 11.9. The van der Waals surface area contributed by atoms with Gasteiger partial charge in [0.2, 0.25) is 0 Å². The molecule has 0 amide bonds. The largest absolute Gasteiger partial charge is 0.372 e. The molecule has 0 aliphatic carbocycles. The summed E-state index contributed by atoms with van der Waals surface area (Å²) in [4.78, 5) is 23.3. The zero-order valence-electron chi connectivity index (χ0n) is 11.6. The van der Waals surface area contributed by atoms with Crippen molar-refractivity contribution < 1.29 is 9.72 Å². The fourth-order valence-electron chi connectivity index (χ4n) is 1.92. The Kier molecular flexibility index (Phi) is 5.48. The standard InChI is InChI=1S/C14H20N2O3/c1-4-11(3)9-15(5-2)13-6-7-14(16(18)19)12(8-13)10-17/h6-8,10-11H,4-5,9H2,1-3H3. The number of nitrogens with zero attached hydrogens (tertiary/aromatic N) is 2. The fraction of sp³-hybridized carbons (Fsp3) is 0.500. The van der Waals surface area contributed by atoms with Gasteiger partial charge in [0.1, 0.15) is 0 Å². The number of hydrogen-bond donors (Lipinski definition) is 0. The van der Waals surface area contributed by atoms with E-state index >= 15 is 0 Å². The molecule has 19 heavy (non-hydrogen) atoms. The maximum Gasteiger partial charge on any atom is 0.280 e. The summed E-state index contributed by atoms with van der Waals surface area (Å²) >= 11 is 0. The van der Waals surface area contributed by atoms with Crippen molar-refractivity contribution in [2.75, 3.05) is 18.0 Å². The van der Waals surface area contributed by atoms with E-state index in [0.717, 1.165) is 25.2 Å². The summed E-state index contributed by atoms with van der Waals surface area (Å²) in [5, 5.41) is 10.8. The minimum atomic E-state index is -0.529. The van der Waals surface area contributed by atoms with Crippen molar-refractivity contribution in [2.24, 2.45) is 5.92 Å². The van der Waals surface area contributed by atoms with Crippen molar-refractivity contribution in [1.29, 1.82) is 0 Å². The van der Waals surface area contributed by atoms with E-state index in [2.05, 4.69) is 18.7 Å². The van der Waals surface area contributed by atoms with E-state index in [-0.39, 0.29) is 11.3 Å². The van der Waals surface area contributed by atoms with Gasteiger partial charge < -0.3 is 4.90 Å². The Morgan fingerprint density at radius 2 is 2.11 bits per heavy atom. The molecular weight excluding hydrogens is 244 g/mol. The van der Waals surface area contributed by atoms with Gasteiger partial charge in [0, 0.05) is 24.8 Å². The zero-order chi connectivity index (χ0) is 14.4. The number of benzene rings is 1. The molecular formula is C14H20N2O3. The Hall–Kier alpha value is -1.91. The maximum absolute atomic E-state index is 11.0. The van der Waals surface area contributed by atoms with Crippen LogP contribution in [-0.2, 0) is 0 Å². The van der Waals surface area contributed by atoms with Crippen LogP contribution in [-0.4, -0.2) is 24.3 Å². The van der Waals surface area contributed by atoms with Gasteiger partial charge >= 0.3 is 0 Å². The molecule has 5 heteroatoms. The maximum atomic E-state index is 11.0. The highest BCUT2D eigenvalue weighted by atomic mass is 16.6. The quantitative estimate of drug-likeness (QED) is 0.430. The lowest BCUT2D eigenvalue weighted by Gasteiger charge is -2.26. The average Bonchev–Trinajstić information content (AvgIpc) is 2.43. The van der Waals surface area contributed by atoms with Gasteiger partial charge in [0.05, 0.1) is 10.5 Å². The highest BCUT2D eigenvalue weighted by Crippen LogP contribution is 2.24. The second-order valence-electron chi connectivity index (χ2n) is 4.67. The van der Waals surface area contributed by atoms with Gasteiger partial charge in [-0.2, -0.15) is 0 Å². The number of carbonyl (C=O) groups is 1. The lowest BCUT2D eigenvalue weighted by atomic mass is 10.1. The Labute approximate surface area is 113 Å². The van der Waals surface area contributed by atoms with Crippen LogP contribution >= 0.6 is 0 Å². The first-order valence-electron chi connectivity index (χ1n) is 6.52. The van der Waals surface area contributed by atoms with Crippen molar-refractivity contribution in [3.05, 3.63) is 33.9 Å². The number of nitro benzene ring substituents is 1. The molecule has 1 rings (SSSR count). The predicted molar refractivity (Wildman–Crippen MR) is 75.8 cm³/mol. The monoisotopic (exact) mass is 264 g/mol. The van der Waals surface area contributed by atoms with Crippen LogP contribution < -0.4 is 4.90 Å². The van der Waals surface area contributed by atoms with Gasteiger partial charge in [-0.3, -0.25) is 14.9 Å².